The largest absolute Gasteiger partial charge is 0.386 e. The average molecular weight is 374 g/mol. The van der Waals surface area contributed by atoms with Crippen LogP contribution in [0.15, 0.2) is 84.9 Å². The molecule has 28 heavy (non-hydrogen) atoms. The van der Waals surface area contributed by atoms with Crippen molar-refractivity contribution < 1.29 is 14.3 Å². The molecular formula is C23H19FN2O2. The van der Waals surface area contributed by atoms with Crippen molar-refractivity contribution in [2.75, 3.05) is 0 Å². The van der Waals surface area contributed by atoms with E-state index in [0.717, 1.165) is 5.56 Å². The summed E-state index contributed by atoms with van der Waals surface area (Å²) in [6.45, 7) is 0. The van der Waals surface area contributed by atoms with E-state index in [1.165, 1.54) is 12.1 Å². The molecule has 4 rings (SSSR count). The number of nitrogens with one attached hydrogen (secondary N) is 2. The quantitative estimate of drug-likeness (QED) is 0.481. The van der Waals surface area contributed by atoms with Crippen molar-refractivity contribution in [3.05, 3.63) is 108 Å². The Bertz CT molecular complexity index is 1090. The monoisotopic (exact) mass is 374 g/mol. The Morgan fingerprint density at radius 2 is 1.54 bits per heavy atom. The van der Waals surface area contributed by atoms with Gasteiger partial charge in [-0.1, -0.05) is 60.7 Å². The van der Waals surface area contributed by atoms with Gasteiger partial charge in [0.15, 0.2) is 0 Å². The summed E-state index contributed by atoms with van der Waals surface area (Å²) in [5, 5.41) is 14.5. The standard InChI is InChI=1S/C23H19FN2O2/c24-18-11-12-19-17(13-18)14-20(25-19)23(28)26-21(15-7-3-1-4-8-15)22(27)16-9-5-2-6-10-16/h1-14,21-22,25,27H,(H,26,28)/t21-,22-/m0/s1. The number of hydrogen-bond acceptors (Lipinski definition) is 2. The maximum atomic E-state index is 13.4. The fraction of sp³-hybridized carbons (Fsp3) is 0.0870. The second-order valence-corrected chi connectivity index (χ2v) is 6.63. The van der Waals surface area contributed by atoms with Gasteiger partial charge >= 0.3 is 0 Å². The van der Waals surface area contributed by atoms with E-state index in [1.54, 1.807) is 12.1 Å². The van der Waals surface area contributed by atoms with Crippen LogP contribution in [0.5, 0.6) is 0 Å². The van der Waals surface area contributed by atoms with Gasteiger partial charge in [0.05, 0.1) is 6.04 Å². The van der Waals surface area contributed by atoms with Crippen LogP contribution in [0.3, 0.4) is 0 Å². The number of carbonyl (C=O) groups is 1. The number of rotatable bonds is 5. The summed E-state index contributed by atoms with van der Waals surface area (Å²) in [4.78, 5) is 15.9. The minimum atomic E-state index is -0.922. The zero-order valence-corrected chi connectivity index (χ0v) is 15.0. The summed E-state index contributed by atoms with van der Waals surface area (Å²) in [6.07, 6.45) is -0.922. The smallest absolute Gasteiger partial charge is 0.268 e. The van der Waals surface area contributed by atoms with E-state index in [9.17, 15) is 14.3 Å². The molecular weight excluding hydrogens is 355 g/mol. The Morgan fingerprint density at radius 1 is 0.893 bits per heavy atom. The molecule has 4 nitrogen and oxygen atoms in total. The van der Waals surface area contributed by atoms with Gasteiger partial charge in [-0.05, 0) is 35.4 Å². The zero-order valence-electron chi connectivity index (χ0n) is 15.0. The number of amides is 1. The average Bonchev–Trinajstić information content (AvgIpc) is 3.16. The highest BCUT2D eigenvalue weighted by Gasteiger charge is 2.25. The first-order valence-electron chi connectivity index (χ1n) is 8.99. The highest BCUT2D eigenvalue weighted by molar-refractivity contribution is 5.98. The van der Waals surface area contributed by atoms with Crippen molar-refractivity contribution in [3.8, 4) is 0 Å². The Hall–Kier alpha value is -3.44. The molecule has 0 spiro atoms. The van der Waals surface area contributed by atoms with Gasteiger partial charge in [0, 0.05) is 10.9 Å². The zero-order chi connectivity index (χ0) is 19.5. The van der Waals surface area contributed by atoms with Crippen molar-refractivity contribution >= 4 is 16.8 Å². The third kappa shape index (κ3) is 3.66. The molecule has 0 fully saturated rings. The van der Waals surface area contributed by atoms with Crippen molar-refractivity contribution in [1.82, 2.24) is 10.3 Å². The van der Waals surface area contributed by atoms with E-state index in [-0.39, 0.29) is 11.7 Å². The van der Waals surface area contributed by atoms with E-state index in [1.807, 2.05) is 60.7 Å². The Labute approximate surface area is 161 Å². The van der Waals surface area contributed by atoms with E-state index >= 15 is 0 Å². The van der Waals surface area contributed by atoms with Gasteiger partial charge in [0.25, 0.3) is 5.91 Å². The van der Waals surface area contributed by atoms with Gasteiger partial charge in [0.1, 0.15) is 17.6 Å². The fourth-order valence-corrected chi connectivity index (χ4v) is 3.29. The number of aromatic nitrogens is 1. The van der Waals surface area contributed by atoms with Crippen LogP contribution in [0.2, 0.25) is 0 Å². The van der Waals surface area contributed by atoms with Gasteiger partial charge in [-0.15, -0.1) is 0 Å². The second-order valence-electron chi connectivity index (χ2n) is 6.63. The molecule has 0 aliphatic carbocycles. The normalized spacial score (nSPS) is 13.2. The van der Waals surface area contributed by atoms with Crippen molar-refractivity contribution in [1.29, 1.82) is 0 Å². The summed E-state index contributed by atoms with van der Waals surface area (Å²) >= 11 is 0. The number of aromatic amines is 1. The Balaban J connectivity index is 1.65. The third-order valence-electron chi connectivity index (χ3n) is 4.73. The summed E-state index contributed by atoms with van der Waals surface area (Å²) < 4.78 is 13.4. The maximum Gasteiger partial charge on any atom is 0.268 e. The number of fused-ring (bicyclic) bond motifs is 1. The number of aliphatic hydroxyl groups is 1. The maximum absolute atomic E-state index is 13.4. The molecule has 0 saturated carbocycles. The van der Waals surface area contributed by atoms with Crippen LogP contribution >= 0.6 is 0 Å². The predicted molar refractivity (Wildman–Crippen MR) is 106 cm³/mol. The first-order chi connectivity index (χ1) is 13.6. The van der Waals surface area contributed by atoms with Crippen LogP contribution in [0.4, 0.5) is 4.39 Å². The molecule has 0 bridgehead atoms. The fourth-order valence-electron chi connectivity index (χ4n) is 3.29. The van der Waals surface area contributed by atoms with E-state index in [0.29, 0.717) is 22.2 Å². The molecule has 0 saturated heterocycles. The molecule has 1 amide bonds. The number of benzene rings is 3. The lowest BCUT2D eigenvalue weighted by Gasteiger charge is -2.25. The van der Waals surface area contributed by atoms with E-state index in [4.69, 9.17) is 0 Å². The van der Waals surface area contributed by atoms with Crippen LogP contribution in [0.25, 0.3) is 10.9 Å². The number of carbonyl (C=O) groups excluding carboxylic acids is 1. The molecule has 140 valence electrons. The van der Waals surface area contributed by atoms with E-state index in [2.05, 4.69) is 10.3 Å². The Morgan fingerprint density at radius 3 is 2.21 bits per heavy atom. The van der Waals surface area contributed by atoms with Gasteiger partial charge < -0.3 is 15.4 Å². The first kappa shape index (κ1) is 17.9. The van der Waals surface area contributed by atoms with Gasteiger partial charge in [-0.25, -0.2) is 4.39 Å². The highest BCUT2D eigenvalue weighted by atomic mass is 19.1. The number of H-pyrrole nitrogens is 1. The second kappa shape index (κ2) is 7.66. The summed E-state index contributed by atoms with van der Waals surface area (Å²) in [5.74, 6) is -0.736. The van der Waals surface area contributed by atoms with Crippen LogP contribution in [0.1, 0.15) is 33.8 Å². The first-order valence-corrected chi connectivity index (χ1v) is 8.99. The molecule has 0 unspecified atom stereocenters. The van der Waals surface area contributed by atoms with Crippen LogP contribution in [-0.2, 0) is 0 Å². The van der Waals surface area contributed by atoms with Gasteiger partial charge in [0.2, 0.25) is 0 Å². The van der Waals surface area contributed by atoms with Crippen LogP contribution in [0, 0.1) is 5.82 Å². The number of halogens is 1. The molecule has 1 heterocycles. The minimum Gasteiger partial charge on any atom is -0.386 e. The lowest BCUT2D eigenvalue weighted by molar-refractivity contribution is 0.0827. The predicted octanol–water partition coefficient (Wildman–Crippen LogP) is 4.51. The third-order valence-corrected chi connectivity index (χ3v) is 4.73. The van der Waals surface area contributed by atoms with Crippen LogP contribution in [-0.4, -0.2) is 16.0 Å². The van der Waals surface area contributed by atoms with Crippen molar-refractivity contribution in [3.63, 3.8) is 0 Å². The minimum absolute atomic E-state index is 0.307. The molecule has 2 atom stereocenters. The SMILES string of the molecule is O=C(N[C@@H](c1ccccc1)[C@@H](O)c1ccccc1)c1cc2cc(F)ccc2[nH]1. The molecule has 3 N–H and O–H groups in total. The molecule has 0 radical (unpaired) electrons. The molecule has 4 aromatic rings. The molecule has 0 aliphatic rings. The number of aliphatic hydroxyl groups excluding tert-OH is 1. The van der Waals surface area contributed by atoms with Crippen molar-refractivity contribution in [2.24, 2.45) is 0 Å². The number of hydrogen-bond donors (Lipinski definition) is 3. The molecule has 1 aromatic heterocycles. The van der Waals surface area contributed by atoms with E-state index < -0.39 is 12.1 Å². The summed E-state index contributed by atoms with van der Waals surface area (Å²) in [5.41, 5.74) is 2.47. The molecule has 5 heteroatoms. The summed E-state index contributed by atoms with van der Waals surface area (Å²) in [7, 11) is 0. The van der Waals surface area contributed by atoms with Gasteiger partial charge in [-0.2, -0.15) is 0 Å². The lowest BCUT2D eigenvalue weighted by atomic mass is 9.95. The van der Waals surface area contributed by atoms with Gasteiger partial charge in [-0.3, -0.25) is 4.79 Å². The topological polar surface area (TPSA) is 65.1 Å². The summed E-state index contributed by atoms with van der Waals surface area (Å²) in [6, 6.07) is 23.8. The highest BCUT2D eigenvalue weighted by Crippen LogP contribution is 2.29. The van der Waals surface area contributed by atoms with Crippen LogP contribution < -0.4 is 5.32 Å². The molecule has 0 aliphatic heterocycles. The van der Waals surface area contributed by atoms with Crippen molar-refractivity contribution in [2.45, 2.75) is 12.1 Å². The lowest BCUT2D eigenvalue weighted by Crippen LogP contribution is -2.32. The molecule has 3 aromatic carbocycles. The Kier molecular flexibility index (Phi) is 4.91.